The largest absolute Gasteiger partial charge is 0.470 e. The van der Waals surface area contributed by atoms with Crippen LogP contribution in [0.5, 0.6) is 5.75 Å². The summed E-state index contributed by atoms with van der Waals surface area (Å²) in [7, 11) is 0. The summed E-state index contributed by atoms with van der Waals surface area (Å²) in [5, 5.41) is 8.09. The third-order valence-electron chi connectivity index (χ3n) is 3.31. The van der Waals surface area contributed by atoms with Gasteiger partial charge < -0.3 is 10.1 Å². The van der Waals surface area contributed by atoms with Crippen molar-refractivity contribution in [2.45, 2.75) is 6.73 Å². The number of para-hydroxylation sites is 1. The fourth-order valence-electron chi connectivity index (χ4n) is 2.09. The summed E-state index contributed by atoms with van der Waals surface area (Å²) >= 11 is 17.9. The number of nitrogens with one attached hydrogen (secondary N) is 1. The number of ether oxygens (including phenoxy) is 1. The van der Waals surface area contributed by atoms with Crippen LogP contribution in [0.4, 0.5) is 5.69 Å². The molecule has 5 nitrogen and oxygen atoms in total. The van der Waals surface area contributed by atoms with Crippen LogP contribution >= 0.6 is 34.8 Å². The third-order valence-corrected chi connectivity index (χ3v) is 4.36. The molecule has 0 saturated heterocycles. The number of aromatic nitrogens is 2. The number of hydrogen-bond acceptors (Lipinski definition) is 3. The van der Waals surface area contributed by atoms with E-state index >= 15 is 0 Å². The van der Waals surface area contributed by atoms with E-state index in [9.17, 15) is 4.79 Å². The Morgan fingerprint density at radius 1 is 1.04 bits per heavy atom. The van der Waals surface area contributed by atoms with E-state index in [4.69, 9.17) is 39.5 Å². The Kier molecular flexibility index (Phi) is 5.48. The van der Waals surface area contributed by atoms with Crippen molar-refractivity contribution in [3.05, 3.63) is 75.5 Å². The van der Waals surface area contributed by atoms with Gasteiger partial charge in [0.15, 0.2) is 6.73 Å². The molecule has 2 aromatic carbocycles. The highest BCUT2D eigenvalue weighted by Gasteiger charge is 2.13. The molecule has 25 heavy (non-hydrogen) atoms. The van der Waals surface area contributed by atoms with Crippen LogP contribution in [0.15, 0.2) is 54.7 Å². The molecule has 0 saturated carbocycles. The molecule has 0 aliphatic rings. The number of hydrogen-bond donors (Lipinski definition) is 1. The van der Waals surface area contributed by atoms with E-state index < -0.39 is 0 Å². The lowest BCUT2D eigenvalue weighted by Gasteiger charge is -2.11. The zero-order valence-corrected chi connectivity index (χ0v) is 15.0. The quantitative estimate of drug-likeness (QED) is 0.650. The average molecular weight is 397 g/mol. The highest BCUT2D eigenvalue weighted by Crippen LogP contribution is 2.26. The molecule has 0 atom stereocenters. The second-order valence-corrected chi connectivity index (χ2v) is 6.22. The standard InChI is InChI=1S/C17H12Cl3N3O2/c18-12-6-5-11(9-14(12)20)22-17(24)15-7-8-21-23(15)10-25-16-4-2-1-3-13(16)19/h1-9H,10H2,(H,22,24). The summed E-state index contributed by atoms with van der Waals surface area (Å²) in [5.74, 6) is 0.161. The van der Waals surface area contributed by atoms with E-state index in [1.54, 1.807) is 42.5 Å². The van der Waals surface area contributed by atoms with E-state index in [0.717, 1.165) is 0 Å². The predicted octanol–water partition coefficient (Wildman–Crippen LogP) is 5.13. The average Bonchev–Trinajstić information content (AvgIpc) is 3.06. The number of benzene rings is 2. The van der Waals surface area contributed by atoms with E-state index in [2.05, 4.69) is 10.4 Å². The van der Waals surface area contributed by atoms with Crippen LogP contribution in [-0.2, 0) is 6.73 Å². The van der Waals surface area contributed by atoms with Crippen LogP contribution in [0.25, 0.3) is 0 Å². The lowest BCUT2D eigenvalue weighted by atomic mass is 10.3. The first-order valence-electron chi connectivity index (χ1n) is 7.20. The van der Waals surface area contributed by atoms with Crippen molar-refractivity contribution >= 4 is 46.4 Å². The summed E-state index contributed by atoms with van der Waals surface area (Å²) in [4.78, 5) is 12.4. The van der Waals surface area contributed by atoms with E-state index in [1.165, 1.54) is 10.9 Å². The van der Waals surface area contributed by atoms with Gasteiger partial charge in [-0.1, -0.05) is 46.9 Å². The molecule has 0 bridgehead atoms. The first-order chi connectivity index (χ1) is 12.0. The Labute approximate surface area is 159 Å². The topological polar surface area (TPSA) is 56.2 Å². The van der Waals surface area contributed by atoms with Crippen molar-refractivity contribution in [1.82, 2.24) is 9.78 Å². The molecule has 0 radical (unpaired) electrons. The Balaban J connectivity index is 1.71. The number of amides is 1. The summed E-state index contributed by atoms with van der Waals surface area (Å²) in [5.41, 5.74) is 0.859. The van der Waals surface area contributed by atoms with Gasteiger partial charge in [-0.15, -0.1) is 0 Å². The predicted molar refractivity (Wildman–Crippen MR) is 98.7 cm³/mol. The van der Waals surface area contributed by atoms with Gasteiger partial charge in [0.1, 0.15) is 11.4 Å². The first-order valence-corrected chi connectivity index (χ1v) is 8.33. The summed E-state index contributed by atoms with van der Waals surface area (Å²) in [6, 6.07) is 13.5. The van der Waals surface area contributed by atoms with Crippen LogP contribution in [0.2, 0.25) is 15.1 Å². The minimum Gasteiger partial charge on any atom is -0.470 e. The lowest BCUT2D eigenvalue weighted by Crippen LogP contribution is -2.19. The van der Waals surface area contributed by atoms with Crippen LogP contribution in [0, 0.1) is 0 Å². The van der Waals surface area contributed by atoms with Gasteiger partial charge in [-0.2, -0.15) is 5.10 Å². The Bertz CT molecular complexity index is 912. The van der Waals surface area contributed by atoms with Crippen LogP contribution in [-0.4, -0.2) is 15.7 Å². The molecule has 8 heteroatoms. The van der Waals surface area contributed by atoms with Crippen molar-refractivity contribution in [1.29, 1.82) is 0 Å². The second kappa shape index (κ2) is 7.78. The minimum atomic E-state index is -0.348. The normalized spacial score (nSPS) is 10.5. The fourth-order valence-corrected chi connectivity index (χ4v) is 2.58. The molecule has 0 fully saturated rings. The van der Waals surface area contributed by atoms with Crippen molar-refractivity contribution in [2.24, 2.45) is 0 Å². The van der Waals surface area contributed by atoms with Gasteiger partial charge in [-0.25, -0.2) is 4.68 Å². The van der Waals surface area contributed by atoms with Crippen molar-refractivity contribution in [2.75, 3.05) is 5.32 Å². The van der Waals surface area contributed by atoms with E-state index in [-0.39, 0.29) is 12.6 Å². The maximum absolute atomic E-state index is 12.4. The SMILES string of the molecule is O=C(Nc1ccc(Cl)c(Cl)c1)c1ccnn1COc1ccccc1Cl. The number of nitrogens with zero attached hydrogens (tertiary/aromatic N) is 2. The van der Waals surface area contributed by atoms with Gasteiger partial charge in [-0.3, -0.25) is 4.79 Å². The smallest absolute Gasteiger partial charge is 0.274 e. The molecule has 1 N–H and O–H groups in total. The van der Waals surface area contributed by atoms with Gasteiger partial charge >= 0.3 is 0 Å². The van der Waals surface area contributed by atoms with Gasteiger partial charge in [0, 0.05) is 11.9 Å². The lowest BCUT2D eigenvalue weighted by molar-refractivity contribution is 0.100. The van der Waals surface area contributed by atoms with Gasteiger partial charge in [0.05, 0.1) is 15.1 Å². The van der Waals surface area contributed by atoms with Crippen molar-refractivity contribution in [3.63, 3.8) is 0 Å². The zero-order chi connectivity index (χ0) is 17.8. The second-order valence-electron chi connectivity index (χ2n) is 5.00. The van der Waals surface area contributed by atoms with Gasteiger partial charge in [0.2, 0.25) is 0 Å². The Morgan fingerprint density at radius 3 is 2.60 bits per heavy atom. The van der Waals surface area contributed by atoms with Crippen molar-refractivity contribution in [3.8, 4) is 5.75 Å². The number of rotatable bonds is 5. The molecule has 1 heterocycles. The van der Waals surface area contributed by atoms with E-state index in [1.807, 2.05) is 6.07 Å². The maximum atomic E-state index is 12.4. The molecular formula is C17H12Cl3N3O2. The molecule has 128 valence electrons. The number of halogens is 3. The molecule has 0 unspecified atom stereocenters. The highest BCUT2D eigenvalue weighted by atomic mass is 35.5. The van der Waals surface area contributed by atoms with Gasteiger partial charge in [0.25, 0.3) is 5.91 Å². The summed E-state index contributed by atoms with van der Waals surface area (Å²) in [6.07, 6.45) is 1.51. The maximum Gasteiger partial charge on any atom is 0.274 e. The Morgan fingerprint density at radius 2 is 1.84 bits per heavy atom. The highest BCUT2D eigenvalue weighted by molar-refractivity contribution is 6.42. The molecular weight excluding hydrogens is 385 g/mol. The van der Waals surface area contributed by atoms with Gasteiger partial charge in [-0.05, 0) is 36.4 Å². The van der Waals surface area contributed by atoms with Crippen molar-refractivity contribution < 1.29 is 9.53 Å². The third kappa shape index (κ3) is 4.25. The number of carbonyl (C=O) groups excluding carboxylic acids is 1. The van der Waals surface area contributed by atoms with Crippen LogP contribution in [0.3, 0.4) is 0 Å². The molecule has 1 amide bonds. The van der Waals surface area contributed by atoms with E-state index in [0.29, 0.717) is 32.2 Å². The zero-order valence-electron chi connectivity index (χ0n) is 12.7. The monoisotopic (exact) mass is 395 g/mol. The van der Waals surface area contributed by atoms with Crippen LogP contribution < -0.4 is 10.1 Å². The summed E-state index contributed by atoms with van der Waals surface area (Å²) in [6.45, 7) is 0.0425. The number of anilines is 1. The molecule has 3 rings (SSSR count). The first kappa shape index (κ1) is 17.6. The summed E-state index contributed by atoms with van der Waals surface area (Å²) < 4.78 is 7.03. The molecule has 0 aliphatic heterocycles. The minimum absolute atomic E-state index is 0.0425. The number of carbonyl (C=O) groups is 1. The molecule has 0 spiro atoms. The molecule has 0 aliphatic carbocycles. The fraction of sp³-hybridized carbons (Fsp3) is 0.0588. The Hall–Kier alpha value is -2.21. The van der Waals surface area contributed by atoms with Crippen LogP contribution in [0.1, 0.15) is 10.5 Å². The molecule has 3 aromatic rings. The molecule has 1 aromatic heterocycles.